The summed E-state index contributed by atoms with van der Waals surface area (Å²) in [5, 5.41) is 0. The summed E-state index contributed by atoms with van der Waals surface area (Å²) >= 11 is 0. The minimum atomic E-state index is 0.498. The number of oxazole rings is 1. The highest BCUT2D eigenvalue weighted by Gasteiger charge is 2.03. The van der Waals surface area contributed by atoms with Crippen LogP contribution in [-0.2, 0) is 6.54 Å². The van der Waals surface area contributed by atoms with Crippen molar-refractivity contribution in [3.05, 3.63) is 59.5 Å². The Labute approximate surface area is 122 Å². The monoisotopic (exact) mass is 280 g/mol. The van der Waals surface area contributed by atoms with Crippen molar-refractivity contribution in [2.75, 3.05) is 7.11 Å². The van der Waals surface area contributed by atoms with E-state index in [0.29, 0.717) is 12.4 Å². The maximum absolute atomic E-state index is 5.68. The Morgan fingerprint density at radius 3 is 2.90 bits per heavy atom. The molecule has 0 saturated heterocycles. The number of methoxy groups -OCH3 is 1. The summed E-state index contributed by atoms with van der Waals surface area (Å²) in [6.07, 6.45) is 3.79. The summed E-state index contributed by atoms with van der Waals surface area (Å²) in [7, 11) is 1.65. The molecule has 4 heteroatoms. The average Bonchev–Trinajstić information content (AvgIpc) is 2.95. The molecule has 4 nitrogen and oxygen atoms in total. The van der Waals surface area contributed by atoms with Gasteiger partial charge in [0.25, 0.3) is 0 Å². The Balaban J connectivity index is 1.88. The molecule has 0 aliphatic heterocycles. The number of benzene rings is 2. The first-order chi connectivity index (χ1) is 10.3. The van der Waals surface area contributed by atoms with Gasteiger partial charge in [-0.1, -0.05) is 18.2 Å². The van der Waals surface area contributed by atoms with Gasteiger partial charge in [-0.05, 0) is 41.5 Å². The Morgan fingerprint density at radius 1 is 1.19 bits per heavy atom. The first-order valence-corrected chi connectivity index (χ1v) is 6.70. The zero-order valence-corrected chi connectivity index (χ0v) is 11.7. The molecule has 0 aliphatic rings. The Kier molecular flexibility index (Phi) is 3.71. The normalized spacial score (nSPS) is 11.3. The SMILES string of the molecule is COc1cccc(/C=C\c2nc3cc(CN)ccc3o2)c1. The van der Waals surface area contributed by atoms with Crippen LogP contribution >= 0.6 is 0 Å². The summed E-state index contributed by atoms with van der Waals surface area (Å²) in [6, 6.07) is 13.6. The predicted molar refractivity (Wildman–Crippen MR) is 83.8 cm³/mol. The van der Waals surface area contributed by atoms with Gasteiger partial charge in [-0.15, -0.1) is 0 Å². The van der Waals surface area contributed by atoms with E-state index < -0.39 is 0 Å². The van der Waals surface area contributed by atoms with Crippen molar-refractivity contribution in [3.63, 3.8) is 0 Å². The van der Waals surface area contributed by atoms with Crippen LogP contribution in [0.2, 0.25) is 0 Å². The topological polar surface area (TPSA) is 61.3 Å². The molecule has 0 amide bonds. The van der Waals surface area contributed by atoms with Gasteiger partial charge >= 0.3 is 0 Å². The van der Waals surface area contributed by atoms with Crippen LogP contribution in [0.25, 0.3) is 23.3 Å². The predicted octanol–water partition coefficient (Wildman–Crippen LogP) is 3.47. The largest absolute Gasteiger partial charge is 0.497 e. The molecule has 21 heavy (non-hydrogen) atoms. The number of fused-ring (bicyclic) bond motifs is 1. The second-order valence-corrected chi connectivity index (χ2v) is 4.67. The fourth-order valence-corrected chi connectivity index (χ4v) is 2.10. The molecule has 2 aromatic carbocycles. The summed E-state index contributed by atoms with van der Waals surface area (Å²) in [6.45, 7) is 0.498. The second kappa shape index (κ2) is 5.81. The number of hydrogen-bond acceptors (Lipinski definition) is 4. The molecular formula is C17H16N2O2. The fourth-order valence-electron chi connectivity index (χ4n) is 2.10. The Hall–Kier alpha value is -2.59. The highest BCUT2D eigenvalue weighted by Crippen LogP contribution is 2.19. The average molecular weight is 280 g/mol. The van der Waals surface area contributed by atoms with Gasteiger partial charge in [-0.3, -0.25) is 0 Å². The van der Waals surface area contributed by atoms with Crippen LogP contribution in [-0.4, -0.2) is 12.1 Å². The molecule has 1 heterocycles. The molecule has 0 fully saturated rings. The lowest BCUT2D eigenvalue weighted by molar-refractivity contribution is 0.414. The van der Waals surface area contributed by atoms with Crippen molar-refractivity contribution in [3.8, 4) is 5.75 Å². The van der Waals surface area contributed by atoms with E-state index in [4.69, 9.17) is 14.9 Å². The first-order valence-electron chi connectivity index (χ1n) is 6.70. The molecule has 2 N–H and O–H groups in total. The molecule has 3 aromatic rings. The van der Waals surface area contributed by atoms with Crippen molar-refractivity contribution in [2.24, 2.45) is 5.73 Å². The van der Waals surface area contributed by atoms with Gasteiger partial charge in [0, 0.05) is 12.6 Å². The maximum atomic E-state index is 5.68. The molecule has 0 aliphatic carbocycles. The van der Waals surface area contributed by atoms with E-state index in [2.05, 4.69) is 4.98 Å². The van der Waals surface area contributed by atoms with E-state index in [1.54, 1.807) is 7.11 Å². The fraction of sp³-hybridized carbons (Fsp3) is 0.118. The minimum absolute atomic E-state index is 0.498. The number of hydrogen-bond donors (Lipinski definition) is 1. The summed E-state index contributed by atoms with van der Waals surface area (Å²) in [5.74, 6) is 1.39. The molecule has 0 unspecified atom stereocenters. The van der Waals surface area contributed by atoms with Crippen LogP contribution in [0.15, 0.2) is 46.9 Å². The van der Waals surface area contributed by atoms with Crippen LogP contribution in [0.5, 0.6) is 5.75 Å². The van der Waals surface area contributed by atoms with Crippen molar-refractivity contribution < 1.29 is 9.15 Å². The Bertz CT molecular complexity index is 790. The van der Waals surface area contributed by atoms with Gasteiger partial charge in [-0.25, -0.2) is 4.98 Å². The lowest BCUT2D eigenvalue weighted by Crippen LogP contribution is -1.94. The number of aromatic nitrogens is 1. The van der Waals surface area contributed by atoms with Crippen LogP contribution in [0.4, 0.5) is 0 Å². The number of rotatable bonds is 4. The quantitative estimate of drug-likeness (QED) is 0.795. The van der Waals surface area contributed by atoms with Gasteiger partial charge in [0.1, 0.15) is 11.3 Å². The van der Waals surface area contributed by atoms with E-state index >= 15 is 0 Å². The second-order valence-electron chi connectivity index (χ2n) is 4.67. The van der Waals surface area contributed by atoms with Crippen LogP contribution in [0.3, 0.4) is 0 Å². The molecule has 0 saturated carbocycles. The molecular weight excluding hydrogens is 264 g/mol. The highest BCUT2D eigenvalue weighted by molar-refractivity contribution is 5.76. The van der Waals surface area contributed by atoms with Crippen molar-refractivity contribution in [1.82, 2.24) is 4.98 Å². The molecule has 1 aromatic heterocycles. The van der Waals surface area contributed by atoms with Crippen LogP contribution in [0, 0.1) is 0 Å². The van der Waals surface area contributed by atoms with Gasteiger partial charge in [-0.2, -0.15) is 0 Å². The zero-order valence-electron chi connectivity index (χ0n) is 11.7. The van der Waals surface area contributed by atoms with E-state index in [0.717, 1.165) is 28.0 Å². The first kappa shape index (κ1) is 13.4. The number of nitrogens with two attached hydrogens (primary N) is 1. The zero-order chi connectivity index (χ0) is 14.7. The standard InChI is InChI=1S/C17H16N2O2/c1-20-14-4-2-3-12(9-14)6-8-17-19-15-10-13(11-18)5-7-16(15)21-17/h2-10H,11,18H2,1H3/b8-6-. The van der Waals surface area contributed by atoms with Gasteiger partial charge < -0.3 is 14.9 Å². The van der Waals surface area contributed by atoms with E-state index in [9.17, 15) is 0 Å². The molecule has 0 radical (unpaired) electrons. The van der Waals surface area contributed by atoms with Gasteiger partial charge in [0.05, 0.1) is 7.11 Å². The van der Waals surface area contributed by atoms with Crippen molar-refractivity contribution in [1.29, 1.82) is 0 Å². The lowest BCUT2D eigenvalue weighted by atomic mass is 10.2. The summed E-state index contributed by atoms with van der Waals surface area (Å²) in [5.41, 5.74) is 9.28. The third kappa shape index (κ3) is 2.95. The van der Waals surface area contributed by atoms with Gasteiger partial charge in [0.2, 0.25) is 5.89 Å². The third-order valence-corrected chi connectivity index (χ3v) is 3.22. The van der Waals surface area contributed by atoms with Crippen molar-refractivity contribution >= 4 is 23.3 Å². The number of ether oxygens (including phenoxy) is 1. The molecule has 106 valence electrons. The van der Waals surface area contributed by atoms with Crippen LogP contribution in [0.1, 0.15) is 17.0 Å². The highest BCUT2D eigenvalue weighted by atomic mass is 16.5. The smallest absolute Gasteiger partial charge is 0.220 e. The van der Waals surface area contributed by atoms with E-state index in [1.165, 1.54) is 0 Å². The summed E-state index contributed by atoms with van der Waals surface area (Å²) < 4.78 is 10.9. The minimum Gasteiger partial charge on any atom is -0.497 e. The summed E-state index contributed by atoms with van der Waals surface area (Å²) in [4.78, 5) is 4.44. The maximum Gasteiger partial charge on any atom is 0.220 e. The van der Waals surface area contributed by atoms with E-state index in [-0.39, 0.29) is 0 Å². The lowest BCUT2D eigenvalue weighted by Gasteiger charge is -1.99. The third-order valence-electron chi connectivity index (χ3n) is 3.22. The number of nitrogens with zero attached hydrogens (tertiary/aromatic N) is 1. The Morgan fingerprint density at radius 2 is 2.10 bits per heavy atom. The van der Waals surface area contributed by atoms with Gasteiger partial charge in [0.15, 0.2) is 5.58 Å². The van der Waals surface area contributed by atoms with E-state index in [1.807, 2.05) is 54.6 Å². The molecule has 3 rings (SSSR count). The van der Waals surface area contributed by atoms with Crippen LogP contribution < -0.4 is 10.5 Å². The van der Waals surface area contributed by atoms with Crippen molar-refractivity contribution in [2.45, 2.75) is 6.54 Å². The molecule has 0 spiro atoms. The molecule has 0 bridgehead atoms. The molecule has 0 atom stereocenters.